The van der Waals surface area contributed by atoms with Crippen LogP contribution in [0.4, 0.5) is 0 Å². The van der Waals surface area contributed by atoms with Crippen LogP contribution in [0.1, 0.15) is 45.7 Å². The maximum atomic E-state index is 11.1. The van der Waals surface area contributed by atoms with Gasteiger partial charge in [0.15, 0.2) is 0 Å². The Morgan fingerprint density at radius 3 is 2.15 bits per heavy atom. The fraction of sp³-hybridized carbons (Fsp3) is 0.562. The summed E-state index contributed by atoms with van der Waals surface area (Å²) in [4.78, 5) is 13.2. The molecule has 4 heteroatoms. The van der Waals surface area contributed by atoms with Crippen molar-refractivity contribution in [3.05, 3.63) is 29.8 Å². The normalized spacial score (nSPS) is 12.7. The van der Waals surface area contributed by atoms with Gasteiger partial charge in [0.1, 0.15) is 5.75 Å². The summed E-state index contributed by atoms with van der Waals surface area (Å²) < 4.78 is 5.61. The average molecular weight is 279 g/mol. The first-order valence-corrected chi connectivity index (χ1v) is 7.20. The predicted octanol–water partition coefficient (Wildman–Crippen LogP) is 3.33. The number of rotatable bonds is 8. The zero-order valence-corrected chi connectivity index (χ0v) is 12.8. The van der Waals surface area contributed by atoms with Crippen molar-refractivity contribution in [3.63, 3.8) is 0 Å². The molecule has 0 heterocycles. The highest BCUT2D eigenvalue weighted by Crippen LogP contribution is 2.26. The van der Waals surface area contributed by atoms with Gasteiger partial charge in [0.05, 0.1) is 12.5 Å². The lowest BCUT2D eigenvalue weighted by Crippen LogP contribution is -2.30. The van der Waals surface area contributed by atoms with Gasteiger partial charge in [-0.3, -0.25) is 9.69 Å². The Morgan fingerprint density at radius 2 is 1.75 bits per heavy atom. The summed E-state index contributed by atoms with van der Waals surface area (Å²) in [5, 5.41) is 9.11. The summed E-state index contributed by atoms with van der Waals surface area (Å²) in [5.41, 5.74) is 1.02. The number of carboxylic acids is 1. The van der Waals surface area contributed by atoms with Crippen molar-refractivity contribution < 1.29 is 14.6 Å². The number of aliphatic carboxylic acids is 1. The number of carbonyl (C=O) groups is 1. The first-order valence-electron chi connectivity index (χ1n) is 7.20. The van der Waals surface area contributed by atoms with Crippen LogP contribution in [-0.2, 0) is 4.79 Å². The monoisotopic (exact) mass is 279 g/mol. The highest BCUT2D eigenvalue weighted by atomic mass is 16.5. The van der Waals surface area contributed by atoms with Crippen LogP contribution in [0.5, 0.6) is 5.75 Å². The van der Waals surface area contributed by atoms with Crippen molar-refractivity contribution >= 4 is 5.97 Å². The van der Waals surface area contributed by atoms with Gasteiger partial charge in [0, 0.05) is 6.04 Å². The van der Waals surface area contributed by atoms with Gasteiger partial charge < -0.3 is 9.84 Å². The summed E-state index contributed by atoms with van der Waals surface area (Å²) in [5.74, 6) is 0.0433. The van der Waals surface area contributed by atoms with E-state index in [-0.39, 0.29) is 18.6 Å². The van der Waals surface area contributed by atoms with Crippen molar-refractivity contribution in [2.45, 2.75) is 46.3 Å². The third-order valence-corrected chi connectivity index (χ3v) is 3.26. The molecular formula is C16H25NO3. The van der Waals surface area contributed by atoms with Crippen molar-refractivity contribution in [2.75, 3.05) is 13.1 Å². The van der Waals surface area contributed by atoms with Gasteiger partial charge in [0.25, 0.3) is 0 Å². The van der Waals surface area contributed by atoms with Crippen LogP contribution in [0.2, 0.25) is 0 Å². The minimum atomic E-state index is -0.774. The smallest absolute Gasteiger partial charge is 0.305 e. The molecule has 1 N–H and O–H groups in total. The Morgan fingerprint density at radius 1 is 1.20 bits per heavy atom. The van der Waals surface area contributed by atoms with Gasteiger partial charge in [-0.1, -0.05) is 26.0 Å². The van der Waals surface area contributed by atoms with E-state index in [4.69, 9.17) is 9.84 Å². The number of nitrogens with zero attached hydrogens (tertiary/aromatic N) is 1. The number of benzene rings is 1. The molecule has 1 aromatic rings. The molecule has 0 saturated carbocycles. The number of ether oxygens (including phenoxy) is 1. The fourth-order valence-electron chi connectivity index (χ4n) is 2.33. The second-order valence-corrected chi connectivity index (χ2v) is 5.07. The summed E-state index contributed by atoms with van der Waals surface area (Å²) >= 11 is 0. The molecule has 0 bridgehead atoms. The van der Waals surface area contributed by atoms with E-state index in [9.17, 15) is 4.79 Å². The largest absolute Gasteiger partial charge is 0.491 e. The third kappa shape index (κ3) is 4.85. The molecule has 0 amide bonds. The lowest BCUT2D eigenvalue weighted by atomic mass is 10.0. The second-order valence-electron chi connectivity index (χ2n) is 5.07. The van der Waals surface area contributed by atoms with Crippen molar-refractivity contribution in [1.82, 2.24) is 4.90 Å². The molecule has 1 rings (SSSR count). The van der Waals surface area contributed by atoms with Gasteiger partial charge in [0.2, 0.25) is 0 Å². The quantitative estimate of drug-likeness (QED) is 0.793. The molecule has 0 fully saturated rings. The Balaban J connectivity index is 2.92. The lowest BCUT2D eigenvalue weighted by Gasteiger charge is -2.29. The molecule has 0 saturated heterocycles. The summed E-state index contributed by atoms with van der Waals surface area (Å²) in [6.07, 6.45) is 0.255. The van der Waals surface area contributed by atoms with Crippen LogP contribution in [0.25, 0.3) is 0 Å². The molecule has 0 spiro atoms. The van der Waals surface area contributed by atoms with Crippen LogP contribution in [0.3, 0.4) is 0 Å². The molecule has 1 atom stereocenters. The van der Waals surface area contributed by atoms with Gasteiger partial charge in [-0.2, -0.15) is 0 Å². The maximum absolute atomic E-state index is 11.1. The Labute approximate surface area is 121 Å². The number of hydrogen-bond acceptors (Lipinski definition) is 3. The molecular weight excluding hydrogens is 254 g/mol. The van der Waals surface area contributed by atoms with Crippen LogP contribution in [-0.4, -0.2) is 35.2 Å². The van der Waals surface area contributed by atoms with Crippen molar-refractivity contribution in [1.29, 1.82) is 0 Å². The number of carboxylic acid groups (broad SMARTS) is 1. The molecule has 0 radical (unpaired) electrons. The molecule has 1 unspecified atom stereocenters. The summed E-state index contributed by atoms with van der Waals surface area (Å²) in [6.45, 7) is 9.73. The molecule has 1 aromatic carbocycles. The summed E-state index contributed by atoms with van der Waals surface area (Å²) in [7, 11) is 0. The van der Waals surface area contributed by atoms with Crippen LogP contribution < -0.4 is 4.74 Å². The molecule has 0 aliphatic carbocycles. The Hall–Kier alpha value is -1.55. The average Bonchev–Trinajstić information content (AvgIpc) is 2.39. The van der Waals surface area contributed by atoms with E-state index in [2.05, 4.69) is 18.7 Å². The third-order valence-electron chi connectivity index (χ3n) is 3.26. The van der Waals surface area contributed by atoms with E-state index in [1.54, 1.807) is 0 Å². The van der Waals surface area contributed by atoms with Crippen LogP contribution >= 0.6 is 0 Å². The van der Waals surface area contributed by atoms with Gasteiger partial charge >= 0.3 is 5.97 Å². The van der Waals surface area contributed by atoms with Crippen molar-refractivity contribution in [3.8, 4) is 5.75 Å². The van der Waals surface area contributed by atoms with Crippen molar-refractivity contribution in [2.24, 2.45) is 0 Å². The molecule has 112 valence electrons. The standard InChI is InChI=1S/C16H25NO3/c1-5-17(6-2)15(11-16(18)19)13-7-9-14(10-8-13)20-12(3)4/h7-10,12,15H,5-6,11H2,1-4H3,(H,18,19). The maximum Gasteiger partial charge on any atom is 0.305 e. The minimum Gasteiger partial charge on any atom is -0.491 e. The first-order chi connectivity index (χ1) is 9.47. The zero-order valence-electron chi connectivity index (χ0n) is 12.8. The molecule has 20 heavy (non-hydrogen) atoms. The van der Waals surface area contributed by atoms with E-state index in [1.807, 2.05) is 38.1 Å². The zero-order chi connectivity index (χ0) is 15.1. The topological polar surface area (TPSA) is 49.8 Å². The van der Waals surface area contributed by atoms with E-state index in [0.29, 0.717) is 0 Å². The van der Waals surface area contributed by atoms with Crippen LogP contribution in [0.15, 0.2) is 24.3 Å². The van der Waals surface area contributed by atoms with E-state index >= 15 is 0 Å². The van der Waals surface area contributed by atoms with E-state index in [1.165, 1.54) is 0 Å². The molecule has 0 aliphatic heterocycles. The van der Waals surface area contributed by atoms with E-state index < -0.39 is 5.97 Å². The van der Waals surface area contributed by atoms with E-state index in [0.717, 1.165) is 24.4 Å². The highest BCUT2D eigenvalue weighted by molar-refractivity contribution is 5.68. The Kier molecular flexibility index (Phi) is 6.52. The fourth-order valence-corrected chi connectivity index (χ4v) is 2.33. The Bertz CT molecular complexity index is 410. The van der Waals surface area contributed by atoms with Crippen LogP contribution in [0, 0.1) is 0 Å². The summed E-state index contributed by atoms with van der Waals surface area (Å²) in [6, 6.07) is 7.66. The highest BCUT2D eigenvalue weighted by Gasteiger charge is 2.21. The first kappa shape index (κ1) is 16.5. The number of hydrogen-bond donors (Lipinski definition) is 1. The molecule has 0 aromatic heterocycles. The van der Waals surface area contributed by atoms with Gasteiger partial charge in [-0.05, 0) is 44.6 Å². The molecule has 4 nitrogen and oxygen atoms in total. The minimum absolute atomic E-state index is 0.0874. The molecule has 0 aliphatic rings. The van der Waals surface area contributed by atoms with Gasteiger partial charge in [-0.25, -0.2) is 0 Å². The SMILES string of the molecule is CCN(CC)C(CC(=O)O)c1ccc(OC(C)C)cc1. The predicted molar refractivity (Wildman–Crippen MR) is 80.1 cm³/mol. The van der Waals surface area contributed by atoms with Gasteiger partial charge in [-0.15, -0.1) is 0 Å². The second kappa shape index (κ2) is 7.90. The lowest BCUT2D eigenvalue weighted by molar-refractivity contribution is -0.138.